The van der Waals surface area contributed by atoms with E-state index in [0.29, 0.717) is 30.4 Å². The number of fused-ring (bicyclic) bond motifs is 3. The molecule has 0 saturated heterocycles. The Labute approximate surface area is 196 Å². The summed E-state index contributed by atoms with van der Waals surface area (Å²) in [7, 11) is 0. The molecular weight excluding hydrogens is 441 g/mol. The van der Waals surface area contributed by atoms with Gasteiger partial charge in [0, 0.05) is 11.1 Å². The van der Waals surface area contributed by atoms with Gasteiger partial charge in [-0.1, -0.05) is 6.08 Å². The second-order valence-corrected chi connectivity index (χ2v) is 9.06. The predicted octanol–water partition coefficient (Wildman–Crippen LogP) is 6.00. The van der Waals surface area contributed by atoms with Gasteiger partial charge in [-0.15, -0.1) is 0 Å². The third-order valence-corrected chi connectivity index (χ3v) is 6.64. The molecule has 0 spiro atoms. The molecule has 1 atom stereocenters. The van der Waals surface area contributed by atoms with Gasteiger partial charge in [0.05, 0.1) is 30.3 Å². The van der Waals surface area contributed by atoms with Gasteiger partial charge in [-0.3, -0.25) is 0 Å². The monoisotopic (exact) mass is 468 g/mol. The summed E-state index contributed by atoms with van der Waals surface area (Å²) in [6, 6.07) is 5.36. The quantitative estimate of drug-likeness (QED) is 0.459. The molecule has 3 N–H and O–H groups in total. The van der Waals surface area contributed by atoms with Gasteiger partial charge < -0.3 is 15.8 Å². The maximum atomic E-state index is 13.3. The van der Waals surface area contributed by atoms with Crippen LogP contribution >= 0.6 is 0 Å². The molecule has 178 valence electrons. The zero-order valence-electron chi connectivity index (χ0n) is 19.2. The van der Waals surface area contributed by atoms with Crippen molar-refractivity contribution < 1.29 is 17.9 Å². The molecule has 2 aliphatic rings. The van der Waals surface area contributed by atoms with Crippen molar-refractivity contribution in [3.05, 3.63) is 64.0 Å². The van der Waals surface area contributed by atoms with Crippen molar-refractivity contribution in [1.29, 1.82) is 0 Å². The van der Waals surface area contributed by atoms with Gasteiger partial charge in [-0.2, -0.15) is 13.2 Å². The Morgan fingerprint density at radius 2 is 1.85 bits per heavy atom. The first-order valence-corrected chi connectivity index (χ1v) is 11.5. The number of benzene rings is 2. The lowest BCUT2D eigenvalue weighted by Crippen LogP contribution is -2.13. The van der Waals surface area contributed by atoms with Crippen molar-refractivity contribution >= 4 is 28.0 Å². The third-order valence-electron chi connectivity index (χ3n) is 6.64. The lowest BCUT2D eigenvalue weighted by molar-refractivity contribution is -0.137. The molecule has 3 aromatic rings. The second kappa shape index (κ2) is 8.58. The average molecular weight is 469 g/mol. The van der Waals surface area contributed by atoms with Crippen molar-refractivity contribution in [3.63, 3.8) is 0 Å². The number of aromatic nitrogens is 2. The van der Waals surface area contributed by atoms with Crippen LogP contribution < -0.4 is 11.1 Å². The maximum absolute atomic E-state index is 13.3. The molecule has 5 nitrogen and oxygen atoms in total. The van der Waals surface area contributed by atoms with Crippen LogP contribution in [0.25, 0.3) is 16.5 Å². The van der Waals surface area contributed by atoms with Crippen LogP contribution in [-0.2, 0) is 23.8 Å². The van der Waals surface area contributed by atoms with Crippen LogP contribution in [-0.4, -0.2) is 23.2 Å². The molecular formula is C26H27F3N4O. The Kier molecular flexibility index (Phi) is 5.72. The minimum Gasteiger partial charge on any atom is -0.399 e. The van der Waals surface area contributed by atoms with Gasteiger partial charge in [0.15, 0.2) is 0 Å². The van der Waals surface area contributed by atoms with E-state index >= 15 is 0 Å². The molecule has 1 unspecified atom stereocenters. The van der Waals surface area contributed by atoms with E-state index in [0.717, 1.165) is 48.7 Å². The van der Waals surface area contributed by atoms with E-state index in [4.69, 9.17) is 15.5 Å². The first-order valence-electron chi connectivity index (χ1n) is 11.5. The largest absolute Gasteiger partial charge is 0.416 e. The summed E-state index contributed by atoms with van der Waals surface area (Å²) >= 11 is 0. The number of anilines is 2. The Hall–Kier alpha value is -3.13. The third kappa shape index (κ3) is 4.22. The fourth-order valence-electron chi connectivity index (χ4n) is 5.03. The summed E-state index contributed by atoms with van der Waals surface area (Å²) in [5.41, 5.74) is 11.6. The number of nitrogens with zero attached hydrogens (tertiary/aromatic N) is 2. The van der Waals surface area contributed by atoms with Gasteiger partial charge in [0.2, 0.25) is 0 Å². The molecule has 0 bridgehead atoms. The minimum absolute atomic E-state index is 0.0776. The normalized spacial score (nSPS) is 16.9. The molecule has 0 fully saturated rings. The van der Waals surface area contributed by atoms with E-state index in [9.17, 15) is 13.2 Å². The lowest BCUT2D eigenvalue weighted by Gasteiger charge is -2.21. The van der Waals surface area contributed by atoms with Crippen LogP contribution in [0.5, 0.6) is 0 Å². The van der Waals surface area contributed by atoms with E-state index in [1.165, 1.54) is 22.3 Å². The number of nitrogen functional groups attached to an aromatic ring is 1. The predicted molar refractivity (Wildman–Crippen MR) is 128 cm³/mol. The average Bonchev–Trinajstić information content (AvgIpc) is 3.28. The van der Waals surface area contributed by atoms with Crippen LogP contribution in [0.3, 0.4) is 0 Å². The number of hydrogen-bond acceptors (Lipinski definition) is 5. The lowest BCUT2D eigenvalue weighted by atomic mass is 9.91. The zero-order valence-corrected chi connectivity index (χ0v) is 19.2. The highest BCUT2D eigenvalue weighted by atomic mass is 19.4. The van der Waals surface area contributed by atoms with E-state index in [-0.39, 0.29) is 5.69 Å². The van der Waals surface area contributed by atoms with Crippen molar-refractivity contribution in [3.8, 4) is 0 Å². The number of nitrogens with one attached hydrogen (secondary N) is 1. The topological polar surface area (TPSA) is 73.1 Å². The summed E-state index contributed by atoms with van der Waals surface area (Å²) in [5.74, 6) is 1.24. The molecule has 1 aromatic heterocycles. The number of hydrogen-bond donors (Lipinski definition) is 2. The Morgan fingerprint density at radius 1 is 1.06 bits per heavy atom. The molecule has 0 radical (unpaired) electrons. The fourth-order valence-corrected chi connectivity index (χ4v) is 5.03. The number of alkyl halides is 3. The summed E-state index contributed by atoms with van der Waals surface area (Å²) in [6.07, 6.45) is 1.59. The summed E-state index contributed by atoms with van der Waals surface area (Å²) in [4.78, 5) is 9.42. The van der Waals surface area contributed by atoms with Crippen molar-refractivity contribution in [2.24, 2.45) is 0 Å². The summed E-state index contributed by atoms with van der Waals surface area (Å²) < 4.78 is 45.5. The summed E-state index contributed by atoms with van der Waals surface area (Å²) in [5, 5.41) is 4.24. The fraction of sp³-hybridized carbons (Fsp3) is 0.385. The van der Waals surface area contributed by atoms with Crippen LogP contribution in [0.1, 0.15) is 59.4 Å². The molecule has 2 heterocycles. The molecule has 1 aliphatic carbocycles. The highest BCUT2D eigenvalue weighted by Gasteiger charge is 2.31. The molecule has 1 aliphatic heterocycles. The van der Waals surface area contributed by atoms with Crippen molar-refractivity contribution in [1.82, 2.24) is 9.97 Å². The van der Waals surface area contributed by atoms with Gasteiger partial charge in [-0.05, 0) is 91.6 Å². The van der Waals surface area contributed by atoms with Crippen LogP contribution in [0.15, 0.2) is 30.3 Å². The zero-order chi connectivity index (χ0) is 24.0. The molecule has 0 amide bonds. The second-order valence-electron chi connectivity index (χ2n) is 9.06. The Bertz CT molecular complexity index is 1300. The first-order chi connectivity index (χ1) is 16.2. The standard InChI is InChI=1S/C26H27F3N4O/c1-14(17-10-18(26(27,28)29)12-19(30)11-17)31-25-23-13-22(16-6-8-34-9-7-16)20-4-3-5-21(20)24(23)32-15(2)33-25/h6,10-14H,3-5,7-9,30H2,1-2H3,(H,31,32,33). The van der Waals surface area contributed by atoms with Gasteiger partial charge in [0.1, 0.15) is 11.6 Å². The van der Waals surface area contributed by atoms with Crippen LogP contribution in [0.4, 0.5) is 24.7 Å². The van der Waals surface area contributed by atoms with E-state index in [2.05, 4.69) is 22.4 Å². The molecule has 2 aromatic carbocycles. The van der Waals surface area contributed by atoms with Crippen molar-refractivity contribution in [2.75, 3.05) is 24.3 Å². The van der Waals surface area contributed by atoms with Gasteiger partial charge in [-0.25, -0.2) is 9.97 Å². The van der Waals surface area contributed by atoms with Crippen LogP contribution in [0, 0.1) is 6.92 Å². The smallest absolute Gasteiger partial charge is 0.399 e. The highest BCUT2D eigenvalue weighted by molar-refractivity contribution is 5.96. The first kappa shape index (κ1) is 22.7. The Morgan fingerprint density at radius 3 is 2.59 bits per heavy atom. The van der Waals surface area contributed by atoms with Crippen LogP contribution in [0.2, 0.25) is 0 Å². The number of halogens is 3. The van der Waals surface area contributed by atoms with Gasteiger partial charge in [0.25, 0.3) is 0 Å². The minimum atomic E-state index is -4.46. The van der Waals surface area contributed by atoms with Gasteiger partial charge >= 0.3 is 6.18 Å². The van der Waals surface area contributed by atoms with E-state index in [1.54, 1.807) is 6.07 Å². The number of aryl methyl sites for hydroxylation is 2. The SMILES string of the molecule is Cc1nc(NC(C)c2cc(N)cc(C(F)(F)F)c2)c2cc(C3=CCOCC3)c3c(c2n1)CCC3. The summed E-state index contributed by atoms with van der Waals surface area (Å²) in [6.45, 7) is 4.95. The van der Waals surface area contributed by atoms with E-state index < -0.39 is 17.8 Å². The maximum Gasteiger partial charge on any atom is 0.416 e. The number of rotatable bonds is 4. The molecule has 0 saturated carbocycles. The van der Waals surface area contributed by atoms with Crippen molar-refractivity contribution in [2.45, 2.75) is 51.7 Å². The molecule has 34 heavy (non-hydrogen) atoms. The number of ether oxygens (including phenoxy) is 1. The number of nitrogens with two attached hydrogens (primary N) is 1. The van der Waals surface area contributed by atoms with E-state index in [1.807, 2.05) is 13.8 Å². The Balaban J connectivity index is 1.60. The molecule has 5 rings (SSSR count). The highest BCUT2D eigenvalue weighted by Crippen LogP contribution is 2.39. The molecule has 8 heteroatoms.